The van der Waals surface area contributed by atoms with Crippen LogP contribution in [-0.4, -0.2) is 49.1 Å². The van der Waals surface area contributed by atoms with Crippen LogP contribution in [0.5, 0.6) is 0 Å². The summed E-state index contributed by atoms with van der Waals surface area (Å²) in [5.41, 5.74) is 0. The van der Waals surface area contributed by atoms with E-state index in [1.807, 2.05) is 0 Å². The van der Waals surface area contributed by atoms with Crippen LogP contribution in [0.25, 0.3) is 0 Å². The molecule has 0 radical (unpaired) electrons. The Bertz CT molecular complexity index is 378. The van der Waals surface area contributed by atoms with Gasteiger partial charge in [0.15, 0.2) is 0 Å². The second-order valence-electron chi connectivity index (χ2n) is 4.16. The molecule has 0 aromatic heterocycles. The number of carbonyl (C=O) groups excluding carboxylic acids is 4. The first kappa shape index (κ1) is 37.5. The Morgan fingerprint density at radius 2 is 0.920 bits per heavy atom. The summed E-state index contributed by atoms with van der Waals surface area (Å²) in [5.74, 6) is -6.31. The van der Waals surface area contributed by atoms with Crippen LogP contribution in [0, 0.1) is 0 Å². The molecule has 0 heterocycles. The van der Waals surface area contributed by atoms with Gasteiger partial charge in [0.05, 0.1) is 24.0 Å². The Labute approximate surface area is 233 Å². The average Bonchev–Trinajstić information content (AvgIpc) is 2.34. The average molecular weight is 394 g/mol. The summed E-state index contributed by atoms with van der Waals surface area (Å²) in [6.07, 6.45) is -1.31. The Balaban J connectivity index is -0.000000333. The molecule has 10 nitrogen and oxygen atoms in total. The van der Waals surface area contributed by atoms with Crippen LogP contribution < -0.4 is 149 Å². The fourth-order valence-corrected chi connectivity index (χ4v) is 1.45. The number of hydrogen-bond acceptors (Lipinski definition) is 10. The first-order valence-corrected chi connectivity index (χ1v) is 6.02. The number of carboxylic acid groups (broad SMARTS) is 4. The van der Waals surface area contributed by atoms with E-state index in [4.69, 9.17) is 0 Å². The molecule has 14 heteroatoms. The topological polar surface area (TPSA) is 185 Å². The summed E-state index contributed by atoms with van der Waals surface area (Å²) >= 11 is 0. The zero-order chi connectivity index (χ0) is 16.4. The van der Waals surface area contributed by atoms with Gasteiger partial charge < -0.3 is 50.2 Å². The predicted molar refractivity (Wildman–Crippen MR) is 57.5 cm³/mol. The van der Waals surface area contributed by atoms with Crippen LogP contribution in [0.1, 0.15) is 19.3 Å². The van der Waals surface area contributed by atoms with Gasteiger partial charge in [-0.05, 0) is 19.5 Å². The van der Waals surface area contributed by atoms with Crippen LogP contribution in [0.2, 0.25) is 0 Å². The van der Waals surface area contributed by atoms with Crippen LogP contribution in [0.4, 0.5) is 0 Å². The minimum atomic E-state index is -1.60. The minimum Gasteiger partial charge on any atom is -0.550 e. The summed E-state index contributed by atoms with van der Waals surface area (Å²) in [7, 11) is 0. The SMILES string of the molecule is O=C([O-])CC(NCCCNC(CC(=O)[O-])C(=O)[O-])C(=O)[O-].[Na+].[Na+].[Na+].[Na+]. The molecule has 0 spiro atoms. The van der Waals surface area contributed by atoms with E-state index in [1.165, 1.54) is 0 Å². The minimum absolute atomic E-state index is 0. The van der Waals surface area contributed by atoms with Crippen molar-refractivity contribution in [3.05, 3.63) is 0 Å². The predicted octanol–water partition coefficient (Wildman–Crippen LogP) is -18.9. The third-order valence-corrected chi connectivity index (χ3v) is 2.45. The third-order valence-electron chi connectivity index (χ3n) is 2.45. The van der Waals surface area contributed by atoms with E-state index >= 15 is 0 Å². The molecular formula is C11H14N2Na4O8. The third kappa shape index (κ3) is 22.0. The van der Waals surface area contributed by atoms with E-state index in [2.05, 4.69) is 10.6 Å². The van der Waals surface area contributed by atoms with Gasteiger partial charge in [-0.3, -0.25) is 0 Å². The van der Waals surface area contributed by atoms with Crippen molar-refractivity contribution in [3.63, 3.8) is 0 Å². The molecule has 25 heavy (non-hydrogen) atoms. The number of carbonyl (C=O) groups is 4. The number of hydrogen-bond donors (Lipinski definition) is 2. The van der Waals surface area contributed by atoms with Gasteiger partial charge in [0.2, 0.25) is 0 Å². The molecule has 0 saturated carbocycles. The first-order valence-electron chi connectivity index (χ1n) is 6.02. The Kier molecular flexibility index (Phi) is 33.2. The quantitative estimate of drug-likeness (QED) is 0.238. The summed E-state index contributed by atoms with van der Waals surface area (Å²) in [5, 5.41) is 46.5. The zero-order valence-electron chi connectivity index (χ0n) is 15.0. The molecule has 0 aromatic rings. The molecule has 0 bridgehead atoms. The van der Waals surface area contributed by atoms with Crippen molar-refractivity contribution < 1.29 is 158 Å². The van der Waals surface area contributed by atoms with Gasteiger partial charge in [-0.1, -0.05) is 0 Å². The van der Waals surface area contributed by atoms with Crippen molar-refractivity contribution in [2.45, 2.75) is 31.3 Å². The second-order valence-corrected chi connectivity index (χ2v) is 4.16. The van der Waals surface area contributed by atoms with Gasteiger partial charge >= 0.3 is 118 Å². The van der Waals surface area contributed by atoms with E-state index in [-0.39, 0.29) is 138 Å². The monoisotopic (exact) mass is 394 g/mol. The number of nitrogens with one attached hydrogen (secondary N) is 2. The standard InChI is InChI=1S/C11H18N2O8.4Na/c14-8(15)4-6(10(18)19)12-2-1-3-13-7(11(20)21)5-9(16)17;;;;/h6-7,12-13H,1-5H2,(H,14,15)(H,16,17)(H,18,19)(H,20,21);;;;/q;4*+1/p-4. The van der Waals surface area contributed by atoms with Crippen molar-refractivity contribution in [1.29, 1.82) is 0 Å². The first-order chi connectivity index (χ1) is 9.73. The summed E-state index contributed by atoms with van der Waals surface area (Å²) < 4.78 is 0. The maximum absolute atomic E-state index is 10.6. The molecule has 120 valence electrons. The maximum atomic E-state index is 10.6. The summed E-state index contributed by atoms with van der Waals surface area (Å²) in [6.45, 7) is 0.0913. The normalized spacial score (nSPS) is 11.2. The van der Waals surface area contributed by atoms with E-state index < -0.39 is 48.8 Å². The van der Waals surface area contributed by atoms with Crippen molar-refractivity contribution in [3.8, 4) is 0 Å². The second kappa shape index (κ2) is 22.1. The molecule has 2 N–H and O–H groups in total. The van der Waals surface area contributed by atoms with Crippen molar-refractivity contribution in [2.75, 3.05) is 13.1 Å². The smallest absolute Gasteiger partial charge is 0.550 e. The van der Waals surface area contributed by atoms with Crippen molar-refractivity contribution in [1.82, 2.24) is 10.6 Å². The summed E-state index contributed by atoms with van der Waals surface area (Å²) in [6, 6.07) is -2.84. The molecular weight excluding hydrogens is 380 g/mol. The van der Waals surface area contributed by atoms with Crippen LogP contribution in [0.15, 0.2) is 0 Å². The molecule has 0 aliphatic carbocycles. The van der Waals surface area contributed by atoms with E-state index in [1.54, 1.807) is 0 Å². The molecule has 2 atom stereocenters. The fourth-order valence-electron chi connectivity index (χ4n) is 1.45. The van der Waals surface area contributed by atoms with E-state index in [9.17, 15) is 39.6 Å². The Morgan fingerprint density at radius 1 is 0.640 bits per heavy atom. The summed E-state index contributed by atoms with van der Waals surface area (Å²) in [4.78, 5) is 41.7. The van der Waals surface area contributed by atoms with Crippen molar-refractivity contribution >= 4 is 23.9 Å². The molecule has 0 aliphatic rings. The van der Waals surface area contributed by atoms with Gasteiger partial charge in [0.1, 0.15) is 0 Å². The number of aliphatic carboxylic acids is 4. The van der Waals surface area contributed by atoms with Crippen LogP contribution in [-0.2, 0) is 19.2 Å². The Morgan fingerprint density at radius 3 is 1.12 bits per heavy atom. The molecule has 0 fully saturated rings. The molecule has 0 aliphatic heterocycles. The maximum Gasteiger partial charge on any atom is 1.00 e. The van der Waals surface area contributed by atoms with Gasteiger partial charge in [-0.15, -0.1) is 0 Å². The van der Waals surface area contributed by atoms with E-state index in [0.29, 0.717) is 0 Å². The molecule has 2 unspecified atom stereocenters. The molecule has 0 amide bonds. The largest absolute Gasteiger partial charge is 1.00 e. The van der Waals surface area contributed by atoms with Gasteiger partial charge in [0, 0.05) is 24.8 Å². The van der Waals surface area contributed by atoms with Crippen LogP contribution >= 0.6 is 0 Å². The number of rotatable bonds is 12. The molecule has 0 saturated heterocycles. The van der Waals surface area contributed by atoms with Crippen molar-refractivity contribution in [2.24, 2.45) is 0 Å². The van der Waals surface area contributed by atoms with E-state index in [0.717, 1.165) is 0 Å². The molecule has 0 aromatic carbocycles. The Hall–Kier alpha value is 1.80. The fraction of sp³-hybridized carbons (Fsp3) is 0.636. The zero-order valence-corrected chi connectivity index (χ0v) is 23.0. The number of carboxylic acids is 4. The van der Waals surface area contributed by atoms with Crippen LogP contribution in [0.3, 0.4) is 0 Å². The van der Waals surface area contributed by atoms with Gasteiger partial charge in [0.25, 0.3) is 0 Å². The molecule has 0 rings (SSSR count). The van der Waals surface area contributed by atoms with Gasteiger partial charge in [-0.2, -0.15) is 0 Å². The van der Waals surface area contributed by atoms with Gasteiger partial charge in [-0.25, -0.2) is 0 Å².